The zero-order valence-electron chi connectivity index (χ0n) is 10.5. The van der Waals surface area contributed by atoms with Gasteiger partial charge >= 0.3 is 0 Å². The average molecular weight is 282 g/mol. The van der Waals surface area contributed by atoms with Crippen LogP contribution in [0.3, 0.4) is 0 Å². The molecule has 0 heterocycles. The highest BCUT2D eigenvalue weighted by molar-refractivity contribution is 6.30. The van der Waals surface area contributed by atoms with Crippen LogP contribution in [0.2, 0.25) is 5.02 Å². The Morgan fingerprint density at radius 3 is 2.58 bits per heavy atom. The topological polar surface area (TPSA) is 12.0 Å². The Balaban J connectivity index is 2.26. The molecule has 2 aromatic carbocycles. The Bertz CT molecular complexity index is 572. The number of benzene rings is 2. The second-order valence-electron chi connectivity index (χ2n) is 4.26. The Morgan fingerprint density at radius 2 is 1.89 bits per heavy atom. The molecule has 0 aliphatic heterocycles. The van der Waals surface area contributed by atoms with E-state index in [9.17, 15) is 8.78 Å². The second-order valence-corrected chi connectivity index (χ2v) is 4.70. The monoisotopic (exact) mass is 281 g/mol. The Labute approximate surface area is 116 Å². The largest absolute Gasteiger partial charge is 0.376 e. The fraction of sp³-hybridized carbons (Fsp3) is 0.200. The number of rotatable bonds is 4. The molecule has 0 aromatic heterocycles. The van der Waals surface area contributed by atoms with Gasteiger partial charge in [0, 0.05) is 5.02 Å². The van der Waals surface area contributed by atoms with Crippen LogP contribution in [-0.2, 0) is 0 Å². The molecule has 1 N–H and O–H groups in total. The van der Waals surface area contributed by atoms with Crippen molar-refractivity contribution >= 4 is 17.3 Å². The van der Waals surface area contributed by atoms with Crippen molar-refractivity contribution in [2.75, 3.05) is 5.32 Å². The van der Waals surface area contributed by atoms with E-state index in [2.05, 4.69) is 5.32 Å². The zero-order valence-corrected chi connectivity index (χ0v) is 11.2. The maximum absolute atomic E-state index is 13.6. The Morgan fingerprint density at radius 1 is 1.16 bits per heavy atom. The molecule has 0 aliphatic rings. The molecule has 0 spiro atoms. The molecule has 19 heavy (non-hydrogen) atoms. The molecule has 0 saturated carbocycles. The van der Waals surface area contributed by atoms with Gasteiger partial charge in [0.15, 0.2) is 11.6 Å². The van der Waals surface area contributed by atoms with Gasteiger partial charge < -0.3 is 5.32 Å². The van der Waals surface area contributed by atoms with E-state index in [4.69, 9.17) is 11.6 Å². The van der Waals surface area contributed by atoms with E-state index < -0.39 is 11.6 Å². The van der Waals surface area contributed by atoms with E-state index in [0.29, 0.717) is 5.02 Å². The third-order valence-electron chi connectivity index (χ3n) is 2.94. The second kappa shape index (κ2) is 6.02. The molecule has 100 valence electrons. The summed E-state index contributed by atoms with van der Waals surface area (Å²) in [5, 5.41) is 3.63. The molecule has 1 atom stereocenters. The molecule has 1 unspecified atom stereocenters. The lowest BCUT2D eigenvalue weighted by Crippen LogP contribution is -2.11. The Hall–Kier alpha value is -1.61. The van der Waals surface area contributed by atoms with Gasteiger partial charge in [0.25, 0.3) is 0 Å². The third-order valence-corrected chi connectivity index (χ3v) is 3.18. The maximum Gasteiger partial charge on any atom is 0.181 e. The van der Waals surface area contributed by atoms with Crippen LogP contribution in [-0.4, -0.2) is 0 Å². The van der Waals surface area contributed by atoms with Gasteiger partial charge in [-0.3, -0.25) is 0 Å². The van der Waals surface area contributed by atoms with Crippen LogP contribution in [0.15, 0.2) is 42.5 Å². The smallest absolute Gasteiger partial charge is 0.181 e. The standard InChI is InChI=1S/C15H14ClF2N/c1-2-13(10-5-3-6-11(16)9-10)19-14-8-4-7-12(17)15(14)18/h3-9,13,19H,2H2,1H3. The van der Waals surface area contributed by atoms with Gasteiger partial charge in [-0.2, -0.15) is 0 Å². The highest BCUT2D eigenvalue weighted by Gasteiger charge is 2.13. The fourth-order valence-corrected chi connectivity index (χ4v) is 2.15. The fourth-order valence-electron chi connectivity index (χ4n) is 1.95. The number of anilines is 1. The number of hydrogen-bond donors (Lipinski definition) is 1. The summed E-state index contributed by atoms with van der Waals surface area (Å²) in [4.78, 5) is 0. The maximum atomic E-state index is 13.6. The molecule has 2 rings (SSSR count). The van der Waals surface area contributed by atoms with Crippen LogP contribution < -0.4 is 5.32 Å². The van der Waals surface area contributed by atoms with Crippen molar-refractivity contribution in [1.29, 1.82) is 0 Å². The first-order valence-corrected chi connectivity index (χ1v) is 6.45. The van der Waals surface area contributed by atoms with E-state index in [0.717, 1.165) is 18.1 Å². The summed E-state index contributed by atoms with van der Waals surface area (Å²) in [5.74, 6) is -1.71. The molecule has 4 heteroatoms. The lowest BCUT2D eigenvalue weighted by atomic mass is 10.0. The first kappa shape index (κ1) is 13.8. The van der Waals surface area contributed by atoms with Gasteiger partial charge in [-0.1, -0.05) is 36.7 Å². The molecule has 0 saturated heterocycles. The molecule has 0 amide bonds. The molecule has 0 bridgehead atoms. The normalized spacial score (nSPS) is 12.2. The summed E-state index contributed by atoms with van der Waals surface area (Å²) in [7, 11) is 0. The third kappa shape index (κ3) is 3.24. The van der Waals surface area contributed by atoms with E-state index >= 15 is 0 Å². The van der Waals surface area contributed by atoms with Gasteiger partial charge in [-0.05, 0) is 36.2 Å². The van der Waals surface area contributed by atoms with Gasteiger partial charge in [-0.15, -0.1) is 0 Å². The summed E-state index contributed by atoms with van der Waals surface area (Å²) < 4.78 is 26.8. The van der Waals surface area contributed by atoms with Gasteiger partial charge in [-0.25, -0.2) is 8.78 Å². The van der Waals surface area contributed by atoms with Crippen molar-refractivity contribution < 1.29 is 8.78 Å². The van der Waals surface area contributed by atoms with E-state index in [1.54, 1.807) is 6.07 Å². The number of hydrogen-bond acceptors (Lipinski definition) is 1. The van der Waals surface area contributed by atoms with E-state index in [1.165, 1.54) is 12.1 Å². The minimum atomic E-state index is -0.858. The van der Waals surface area contributed by atoms with Crippen LogP contribution in [0.1, 0.15) is 24.9 Å². The van der Waals surface area contributed by atoms with E-state index in [1.807, 2.05) is 25.1 Å². The van der Waals surface area contributed by atoms with Crippen molar-refractivity contribution in [3.05, 3.63) is 64.7 Å². The first-order chi connectivity index (χ1) is 9.11. The highest BCUT2D eigenvalue weighted by Crippen LogP contribution is 2.26. The summed E-state index contributed by atoms with van der Waals surface area (Å²) >= 11 is 5.94. The molecule has 2 aromatic rings. The minimum absolute atomic E-state index is 0.116. The predicted octanol–water partition coefficient (Wildman–Crippen LogP) is 5.18. The number of nitrogens with one attached hydrogen (secondary N) is 1. The van der Waals surface area contributed by atoms with Crippen LogP contribution in [0.25, 0.3) is 0 Å². The van der Waals surface area contributed by atoms with Crippen LogP contribution in [0, 0.1) is 11.6 Å². The summed E-state index contributed by atoms with van der Waals surface area (Å²) in [6.45, 7) is 1.97. The van der Waals surface area contributed by atoms with Crippen molar-refractivity contribution in [3.8, 4) is 0 Å². The van der Waals surface area contributed by atoms with Gasteiger partial charge in [0.2, 0.25) is 0 Å². The van der Waals surface area contributed by atoms with E-state index in [-0.39, 0.29) is 11.7 Å². The van der Waals surface area contributed by atoms with Gasteiger partial charge in [0.05, 0.1) is 11.7 Å². The lowest BCUT2D eigenvalue weighted by molar-refractivity contribution is 0.509. The number of halogens is 3. The lowest BCUT2D eigenvalue weighted by Gasteiger charge is -2.19. The SMILES string of the molecule is CCC(Nc1cccc(F)c1F)c1cccc(Cl)c1. The molecule has 0 radical (unpaired) electrons. The summed E-state index contributed by atoms with van der Waals surface area (Å²) in [6, 6.07) is 11.3. The van der Waals surface area contributed by atoms with Gasteiger partial charge in [0.1, 0.15) is 0 Å². The minimum Gasteiger partial charge on any atom is -0.376 e. The van der Waals surface area contributed by atoms with Crippen LogP contribution in [0.4, 0.5) is 14.5 Å². The first-order valence-electron chi connectivity index (χ1n) is 6.08. The van der Waals surface area contributed by atoms with Crippen LogP contribution >= 0.6 is 11.6 Å². The quantitative estimate of drug-likeness (QED) is 0.814. The van der Waals surface area contributed by atoms with Crippen molar-refractivity contribution in [3.63, 3.8) is 0 Å². The van der Waals surface area contributed by atoms with Crippen molar-refractivity contribution in [2.24, 2.45) is 0 Å². The predicted molar refractivity (Wildman–Crippen MR) is 74.5 cm³/mol. The molecule has 0 aliphatic carbocycles. The summed E-state index contributed by atoms with van der Waals surface area (Å²) in [5.41, 5.74) is 1.10. The Kier molecular flexibility index (Phi) is 4.38. The summed E-state index contributed by atoms with van der Waals surface area (Å²) in [6.07, 6.45) is 0.732. The molecular formula is C15H14ClF2N. The van der Waals surface area contributed by atoms with Crippen molar-refractivity contribution in [2.45, 2.75) is 19.4 Å². The molecule has 1 nitrogen and oxygen atoms in total. The average Bonchev–Trinajstić information content (AvgIpc) is 2.40. The van der Waals surface area contributed by atoms with Crippen molar-refractivity contribution in [1.82, 2.24) is 0 Å². The molecule has 0 fully saturated rings. The highest BCUT2D eigenvalue weighted by atomic mass is 35.5. The zero-order chi connectivity index (χ0) is 13.8. The molecular weight excluding hydrogens is 268 g/mol. The van der Waals surface area contributed by atoms with Crippen LogP contribution in [0.5, 0.6) is 0 Å².